The molecule has 2 aromatic heterocycles. The van der Waals surface area contributed by atoms with Gasteiger partial charge in [0.1, 0.15) is 0 Å². The molecule has 0 radical (unpaired) electrons. The van der Waals surface area contributed by atoms with Crippen LogP contribution in [0.3, 0.4) is 0 Å². The van der Waals surface area contributed by atoms with Crippen LogP contribution in [-0.4, -0.2) is 45.2 Å². The number of aliphatic hydroxyl groups excluding tert-OH is 1. The van der Waals surface area contributed by atoms with Crippen molar-refractivity contribution >= 4 is 28.4 Å². The molecule has 0 aliphatic carbocycles. The Morgan fingerprint density at radius 1 is 1.21 bits per heavy atom. The topological polar surface area (TPSA) is 84.2 Å². The Bertz CT molecular complexity index is 1000. The fourth-order valence-electron chi connectivity index (χ4n) is 3.06. The number of fused-ring (bicyclic) bond motifs is 1. The van der Waals surface area contributed by atoms with Crippen molar-refractivity contribution < 1.29 is 9.90 Å². The zero-order chi connectivity index (χ0) is 19.9. The smallest absolute Gasteiger partial charge is 0.258 e. The van der Waals surface area contributed by atoms with Gasteiger partial charge < -0.3 is 15.0 Å². The van der Waals surface area contributed by atoms with E-state index in [9.17, 15) is 14.7 Å². The molecule has 0 fully saturated rings. The van der Waals surface area contributed by atoms with Crippen molar-refractivity contribution in [3.63, 3.8) is 0 Å². The van der Waals surface area contributed by atoms with Gasteiger partial charge in [-0.25, -0.2) is 0 Å². The lowest BCUT2D eigenvalue weighted by molar-refractivity contribution is 0.0916. The molecule has 0 aliphatic heterocycles. The van der Waals surface area contributed by atoms with Gasteiger partial charge in [-0.05, 0) is 42.2 Å². The van der Waals surface area contributed by atoms with E-state index in [-0.39, 0.29) is 24.1 Å². The van der Waals surface area contributed by atoms with E-state index in [1.54, 1.807) is 53.1 Å². The number of pyridine rings is 2. The molecule has 0 saturated carbocycles. The van der Waals surface area contributed by atoms with Crippen molar-refractivity contribution in [1.82, 2.24) is 14.9 Å². The molecule has 2 heterocycles. The van der Waals surface area contributed by atoms with Gasteiger partial charge in [0.25, 0.3) is 11.5 Å². The van der Waals surface area contributed by atoms with E-state index in [4.69, 9.17) is 0 Å². The molecule has 3 rings (SSSR count). The quantitative estimate of drug-likeness (QED) is 0.609. The van der Waals surface area contributed by atoms with Gasteiger partial charge in [-0.1, -0.05) is 18.2 Å². The summed E-state index contributed by atoms with van der Waals surface area (Å²) in [5.74, 6) is 0.549. The van der Waals surface area contributed by atoms with Crippen molar-refractivity contribution in [3.8, 4) is 0 Å². The Labute approximate surface area is 167 Å². The highest BCUT2D eigenvalue weighted by Crippen LogP contribution is 2.16. The van der Waals surface area contributed by atoms with Crippen LogP contribution in [0.1, 0.15) is 22.3 Å². The van der Waals surface area contributed by atoms with E-state index in [2.05, 4.69) is 10.3 Å². The fourth-order valence-corrected chi connectivity index (χ4v) is 3.58. The maximum Gasteiger partial charge on any atom is 0.258 e. The summed E-state index contributed by atoms with van der Waals surface area (Å²) in [4.78, 5) is 29.8. The molecule has 1 amide bonds. The Kier molecular flexibility index (Phi) is 6.84. The van der Waals surface area contributed by atoms with Gasteiger partial charge in [-0.3, -0.25) is 14.6 Å². The molecule has 0 saturated heterocycles. The van der Waals surface area contributed by atoms with Crippen LogP contribution in [0.4, 0.5) is 0 Å². The number of rotatable bonds is 8. The molecule has 0 aliphatic rings. The van der Waals surface area contributed by atoms with E-state index in [1.165, 1.54) is 0 Å². The molecular formula is C21H23N3O3S. The molecule has 1 atom stereocenters. The monoisotopic (exact) mass is 397 g/mol. The number of nitrogens with zero attached hydrogens (tertiary/aromatic N) is 2. The average molecular weight is 398 g/mol. The third-order valence-corrected chi connectivity index (χ3v) is 5.21. The number of amides is 1. The second-order valence-electron chi connectivity index (χ2n) is 6.51. The first kappa shape index (κ1) is 20.1. The number of hydrogen-bond acceptors (Lipinski definition) is 5. The van der Waals surface area contributed by atoms with Crippen LogP contribution in [0.25, 0.3) is 10.8 Å². The Balaban J connectivity index is 2.00. The lowest BCUT2D eigenvalue weighted by Crippen LogP contribution is -2.38. The molecule has 28 heavy (non-hydrogen) atoms. The molecule has 6 nitrogen and oxygen atoms in total. The summed E-state index contributed by atoms with van der Waals surface area (Å²) in [6, 6.07) is 10.5. The molecule has 2 N–H and O–H groups in total. The highest BCUT2D eigenvalue weighted by molar-refractivity contribution is 7.98. The minimum atomic E-state index is -0.320. The third-order valence-electron chi connectivity index (χ3n) is 4.57. The van der Waals surface area contributed by atoms with Crippen LogP contribution in [-0.2, 0) is 6.54 Å². The largest absolute Gasteiger partial charge is 0.394 e. The zero-order valence-corrected chi connectivity index (χ0v) is 16.5. The third kappa shape index (κ3) is 4.61. The van der Waals surface area contributed by atoms with E-state index in [1.807, 2.05) is 24.5 Å². The highest BCUT2D eigenvalue weighted by Gasteiger charge is 2.18. The van der Waals surface area contributed by atoms with Crippen molar-refractivity contribution in [2.75, 3.05) is 18.6 Å². The van der Waals surface area contributed by atoms with Crippen LogP contribution >= 0.6 is 11.8 Å². The predicted molar refractivity (Wildman–Crippen MR) is 113 cm³/mol. The van der Waals surface area contributed by atoms with Crippen molar-refractivity contribution in [2.45, 2.75) is 19.0 Å². The lowest BCUT2D eigenvalue weighted by Gasteiger charge is -2.17. The van der Waals surface area contributed by atoms with Crippen molar-refractivity contribution in [1.29, 1.82) is 0 Å². The first-order chi connectivity index (χ1) is 13.6. The first-order valence-corrected chi connectivity index (χ1v) is 10.4. The Hall–Kier alpha value is -2.64. The van der Waals surface area contributed by atoms with Crippen LogP contribution in [0.2, 0.25) is 0 Å². The van der Waals surface area contributed by atoms with Gasteiger partial charge in [0.2, 0.25) is 0 Å². The summed E-state index contributed by atoms with van der Waals surface area (Å²) >= 11 is 1.66. The second-order valence-corrected chi connectivity index (χ2v) is 7.50. The standard InChI is InChI=1S/C21H23N3O3S/c1-28-11-8-16(14-25)23-20(26)19-13-24(12-15-6-9-22-10-7-15)21(27)18-5-3-2-4-17(18)19/h2-7,9-10,13,16,25H,8,11-12,14H2,1H3,(H,23,26)/t16-/m0/s1. The van der Waals surface area contributed by atoms with Gasteiger partial charge in [-0.2, -0.15) is 11.8 Å². The predicted octanol–water partition coefficient (Wildman–Crippen LogP) is 2.29. The number of hydrogen-bond donors (Lipinski definition) is 2. The fraction of sp³-hybridized carbons (Fsp3) is 0.286. The summed E-state index contributed by atoms with van der Waals surface area (Å²) in [7, 11) is 0. The molecule has 0 unspecified atom stereocenters. The minimum Gasteiger partial charge on any atom is -0.394 e. The molecule has 3 aromatic rings. The van der Waals surface area contributed by atoms with Gasteiger partial charge >= 0.3 is 0 Å². The zero-order valence-electron chi connectivity index (χ0n) is 15.7. The summed E-state index contributed by atoms with van der Waals surface area (Å²) in [6.45, 7) is 0.225. The molecule has 0 spiro atoms. The van der Waals surface area contributed by atoms with E-state index in [0.29, 0.717) is 29.3 Å². The van der Waals surface area contributed by atoms with Gasteiger partial charge in [0, 0.05) is 29.4 Å². The SMILES string of the molecule is CSCC[C@@H](CO)NC(=O)c1cn(Cc2ccncc2)c(=O)c2ccccc12. The Morgan fingerprint density at radius 2 is 1.93 bits per heavy atom. The molecular weight excluding hydrogens is 374 g/mol. The number of carbonyl (C=O) groups is 1. The maximum atomic E-state index is 13.0. The molecule has 7 heteroatoms. The van der Waals surface area contributed by atoms with Crippen LogP contribution < -0.4 is 10.9 Å². The molecule has 0 bridgehead atoms. The van der Waals surface area contributed by atoms with Gasteiger partial charge in [0.05, 0.1) is 24.8 Å². The number of benzene rings is 1. The summed E-state index contributed by atoms with van der Waals surface area (Å²) in [6.07, 6.45) is 7.61. The lowest BCUT2D eigenvalue weighted by atomic mass is 10.1. The second kappa shape index (κ2) is 9.52. The first-order valence-electron chi connectivity index (χ1n) is 9.05. The van der Waals surface area contributed by atoms with Crippen LogP contribution in [0.15, 0.2) is 59.8 Å². The van der Waals surface area contributed by atoms with Crippen molar-refractivity contribution in [3.05, 3.63) is 76.5 Å². The molecule has 146 valence electrons. The van der Waals surface area contributed by atoms with E-state index >= 15 is 0 Å². The van der Waals surface area contributed by atoms with Gasteiger partial charge in [-0.15, -0.1) is 0 Å². The van der Waals surface area contributed by atoms with Crippen molar-refractivity contribution in [2.24, 2.45) is 0 Å². The number of aliphatic hydroxyl groups is 1. The van der Waals surface area contributed by atoms with E-state index < -0.39 is 0 Å². The van der Waals surface area contributed by atoms with Gasteiger partial charge in [0.15, 0.2) is 0 Å². The summed E-state index contributed by atoms with van der Waals surface area (Å²) in [5.41, 5.74) is 1.20. The van der Waals surface area contributed by atoms with E-state index in [0.717, 1.165) is 11.3 Å². The number of thioether (sulfide) groups is 1. The Morgan fingerprint density at radius 3 is 2.61 bits per heavy atom. The van der Waals surface area contributed by atoms with Crippen LogP contribution in [0.5, 0.6) is 0 Å². The molecule has 1 aromatic carbocycles. The summed E-state index contributed by atoms with van der Waals surface area (Å²) < 4.78 is 1.54. The highest BCUT2D eigenvalue weighted by atomic mass is 32.2. The number of nitrogens with one attached hydrogen (secondary N) is 1. The number of aromatic nitrogens is 2. The number of carbonyl (C=O) groups excluding carboxylic acids is 1. The normalized spacial score (nSPS) is 12.1. The average Bonchev–Trinajstić information content (AvgIpc) is 2.73. The van der Waals surface area contributed by atoms with Crippen LogP contribution in [0, 0.1) is 0 Å². The summed E-state index contributed by atoms with van der Waals surface area (Å²) in [5, 5.41) is 13.6. The minimum absolute atomic E-state index is 0.124. The maximum absolute atomic E-state index is 13.0.